The first-order valence-electron chi connectivity index (χ1n) is 6.95. The van der Waals surface area contributed by atoms with Gasteiger partial charge in [-0.2, -0.15) is 0 Å². The molecule has 0 saturated carbocycles. The van der Waals surface area contributed by atoms with Crippen LogP contribution in [0.25, 0.3) is 0 Å². The zero-order valence-corrected chi connectivity index (χ0v) is 11.9. The summed E-state index contributed by atoms with van der Waals surface area (Å²) in [5, 5.41) is 0. The molecule has 0 aromatic heterocycles. The molecule has 0 aromatic rings. The summed E-state index contributed by atoms with van der Waals surface area (Å²) >= 11 is 0. The van der Waals surface area contributed by atoms with Crippen molar-refractivity contribution in [1.82, 2.24) is 4.90 Å². The van der Waals surface area contributed by atoms with E-state index in [9.17, 15) is 0 Å². The van der Waals surface area contributed by atoms with Crippen molar-refractivity contribution in [2.24, 2.45) is 5.73 Å². The maximum absolute atomic E-state index is 5.86. The average Bonchev–Trinajstić information content (AvgIpc) is 2.39. The highest BCUT2D eigenvalue weighted by atomic mass is 16.7. The van der Waals surface area contributed by atoms with E-state index in [1.165, 1.54) is 0 Å². The molecule has 0 aromatic carbocycles. The summed E-state index contributed by atoms with van der Waals surface area (Å²) in [6.07, 6.45) is 2.25. The largest absolute Gasteiger partial charge is 0.381 e. The van der Waals surface area contributed by atoms with E-state index in [0.29, 0.717) is 31.9 Å². The Morgan fingerprint density at radius 1 is 1.28 bits per heavy atom. The predicted molar refractivity (Wildman–Crippen MR) is 71.5 cm³/mol. The Balaban J connectivity index is 2.47. The van der Waals surface area contributed by atoms with Gasteiger partial charge in [-0.05, 0) is 26.7 Å². The minimum atomic E-state index is -0.145. The SMILES string of the molecule is CCOC(CN1CCC(OC)CC1CN)OCC. The molecule has 1 aliphatic heterocycles. The molecule has 2 unspecified atom stereocenters. The third kappa shape index (κ3) is 4.82. The molecular weight excluding hydrogens is 232 g/mol. The minimum Gasteiger partial charge on any atom is -0.381 e. The third-order valence-electron chi connectivity index (χ3n) is 3.48. The Labute approximate surface area is 111 Å². The van der Waals surface area contributed by atoms with E-state index in [0.717, 1.165) is 25.9 Å². The highest BCUT2D eigenvalue weighted by Crippen LogP contribution is 2.19. The van der Waals surface area contributed by atoms with Crippen molar-refractivity contribution in [3.8, 4) is 0 Å². The van der Waals surface area contributed by atoms with Crippen molar-refractivity contribution in [2.45, 2.75) is 45.1 Å². The van der Waals surface area contributed by atoms with Crippen molar-refractivity contribution in [3.63, 3.8) is 0 Å². The minimum absolute atomic E-state index is 0.145. The molecule has 108 valence electrons. The van der Waals surface area contributed by atoms with E-state index < -0.39 is 0 Å². The Morgan fingerprint density at radius 2 is 1.94 bits per heavy atom. The van der Waals surface area contributed by atoms with Crippen LogP contribution in [-0.4, -0.2) is 63.3 Å². The van der Waals surface area contributed by atoms with Gasteiger partial charge in [0.15, 0.2) is 6.29 Å². The summed E-state index contributed by atoms with van der Waals surface area (Å²) in [6.45, 7) is 7.77. The number of hydrogen-bond donors (Lipinski definition) is 1. The smallest absolute Gasteiger partial charge is 0.170 e. The fraction of sp³-hybridized carbons (Fsp3) is 1.00. The lowest BCUT2D eigenvalue weighted by molar-refractivity contribution is -0.155. The van der Waals surface area contributed by atoms with E-state index in [4.69, 9.17) is 19.9 Å². The Kier molecular flexibility index (Phi) is 7.77. The molecule has 0 bridgehead atoms. The first-order valence-corrected chi connectivity index (χ1v) is 6.95. The van der Waals surface area contributed by atoms with E-state index in [2.05, 4.69) is 4.90 Å². The van der Waals surface area contributed by atoms with Crippen LogP contribution in [0.5, 0.6) is 0 Å². The van der Waals surface area contributed by atoms with Crippen LogP contribution in [0.4, 0.5) is 0 Å². The summed E-state index contributed by atoms with van der Waals surface area (Å²) in [4.78, 5) is 2.37. The molecule has 2 N–H and O–H groups in total. The molecule has 1 fully saturated rings. The predicted octanol–water partition coefficient (Wildman–Crippen LogP) is 0.824. The van der Waals surface area contributed by atoms with Crippen molar-refractivity contribution in [3.05, 3.63) is 0 Å². The number of nitrogens with zero attached hydrogens (tertiary/aromatic N) is 1. The van der Waals surface area contributed by atoms with E-state index in [1.807, 2.05) is 13.8 Å². The fourth-order valence-electron chi connectivity index (χ4n) is 2.48. The Morgan fingerprint density at radius 3 is 2.44 bits per heavy atom. The highest BCUT2D eigenvalue weighted by molar-refractivity contribution is 4.83. The van der Waals surface area contributed by atoms with Crippen LogP contribution in [0.3, 0.4) is 0 Å². The van der Waals surface area contributed by atoms with Gasteiger partial charge < -0.3 is 19.9 Å². The first kappa shape index (κ1) is 15.9. The number of likely N-dealkylation sites (tertiary alicyclic amines) is 1. The molecule has 1 heterocycles. The van der Waals surface area contributed by atoms with Crippen molar-refractivity contribution >= 4 is 0 Å². The van der Waals surface area contributed by atoms with Crippen LogP contribution in [0.2, 0.25) is 0 Å². The Bertz CT molecular complexity index is 210. The molecular formula is C13H28N2O3. The average molecular weight is 260 g/mol. The fourth-order valence-corrected chi connectivity index (χ4v) is 2.48. The second kappa shape index (κ2) is 8.82. The number of nitrogens with two attached hydrogens (primary N) is 1. The summed E-state index contributed by atoms with van der Waals surface area (Å²) in [7, 11) is 1.77. The lowest BCUT2D eigenvalue weighted by Crippen LogP contribution is -2.51. The van der Waals surface area contributed by atoms with Gasteiger partial charge in [0.05, 0.1) is 6.10 Å². The summed E-state index contributed by atoms with van der Waals surface area (Å²) in [5.41, 5.74) is 5.86. The highest BCUT2D eigenvalue weighted by Gasteiger charge is 2.29. The quantitative estimate of drug-likeness (QED) is 0.655. The molecule has 1 aliphatic rings. The maximum Gasteiger partial charge on any atom is 0.170 e. The maximum atomic E-state index is 5.86. The van der Waals surface area contributed by atoms with Crippen LogP contribution < -0.4 is 5.73 Å². The molecule has 2 atom stereocenters. The van der Waals surface area contributed by atoms with Crippen LogP contribution in [0.1, 0.15) is 26.7 Å². The monoisotopic (exact) mass is 260 g/mol. The van der Waals surface area contributed by atoms with Gasteiger partial charge in [0.1, 0.15) is 0 Å². The molecule has 18 heavy (non-hydrogen) atoms. The van der Waals surface area contributed by atoms with Gasteiger partial charge in [0.25, 0.3) is 0 Å². The zero-order chi connectivity index (χ0) is 13.4. The van der Waals surface area contributed by atoms with Gasteiger partial charge in [-0.1, -0.05) is 0 Å². The lowest BCUT2D eigenvalue weighted by Gasteiger charge is -2.39. The van der Waals surface area contributed by atoms with E-state index in [1.54, 1.807) is 7.11 Å². The zero-order valence-electron chi connectivity index (χ0n) is 11.9. The molecule has 1 rings (SSSR count). The number of ether oxygens (including phenoxy) is 3. The van der Waals surface area contributed by atoms with Gasteiger partial charge in [-0.3, -0.25) is 4.90 Å². The molecule has 0 aliphatic carbocycles. The number of piperidine rings is 1. The van der Waals surface area contributed by atoms with Crippen molar-refractivity contribution < 1.29 is 14.2 Å². The molecule has 0 radical (unpaired) electrons. The van der Waals surface area contributed by atoms with Gasteiger partial charge in [-0.15, -0.1) is 0 Å². The van der Waals surface area contributed by atoms with Crippen molar-refractivity contribution in [1.29, 1.82) is 0 Å². The number of methoxy groups -OCH3 is 1. The van der Waals surface area contributed by atoms with Crippen LogP contribution in [0, 0.1) is 0 Å². The summed E-state index contributed by atoms with van der Waals surface area (Å²) < 4.78 is 16.6. The van der Waals surface area contributed by atoms with Crippen LogP contribution >= 0.6 is 0 Å². The van der Waals surface area contributed by atoms with Gasteiger partial charge >= 0.3 is 0 Å². The molecule has 0 spiro atoms. The standard InChI is InChI=1S/C13H28N2O3/c1-4-17-13(18-5-2)10-15-7-6-12(16-3)8-11(15)9-14/h11-13H,4-10,14H2,1-3H3. The van der Waals surface area contributed by atoms with Crippen LogP contribution in [-0.2, 0) is 14.2 Å². The molecule has 5 nitrogen and oxygen atoms in total. The molecule has 1 saturated heterocycles. The summed E-state index contributed by atoms with van der Waals surface area (Å²) in [6, 6.07) is 0.368. The number of hydrogen-bond acceptors (Lipinski definition) is 5. The van der Waals surface area contributed by atoms with Crippen molar-refractivity contribution in [2.75, 3.05) is 40.0 Å². The van der Waals surface area contributed by atoms with Gasteiger partial charge in [0.2, 0.25) is 0 Å². The van der Waals surface area contributed by atoms with Crippen LogP contribution in [0.15, 0.2) is 0 Å². The van der Waals surface area contributed by atoms with E-state index >= 15 is 0 Å². The van der Waals surface area contributed by atoms with Gasteiger partial charge in [-0.25, -0.2) is 0 Å². The normalized spacial score (nSPS) is 25.8. The lowest BCUT2D eigenvalue weighted by atomic mass is 9.99. The topological polar surface area (TPSA) is 57.0 Å². The second-order valence-electron chi connectivity index (χ2n) is 4.61. The Hall–Kier alpha value is -0.200. The first-order chi connectivity index (χ1) is 8.74. The van der Waals surface area contributed by atoms with Gasteiger partial charge in [0, 0.05) is 46.0 Å². The molecule has 0 amide bonds. The third-order valence-corrected chi connectivity index (χ3v) is 3.48. The number of rotatable bonds is 8. The molecule has 5 heteroatoms. The second-order valence-corrected chi connectivity index (χ2v) is 4.61. The summed E-state index contributed by atoms with van der Waals surface area (Å²) in [5.74, 6) is 0. The van der Waals surface area contributed by atoms with E-state index in [-0.39, 0.29) is 6.29 Å².